The Morgan fingerprint density at radius 1 is 1.17 bits per heavy atom. The van der Waals surface area contributed by atoms with Gasteiger partial charge in [0, 0.05) is 18.6 Å². The summed E-state index contributed by atoms with van der Waals surface area (Å²) in [4.78, 5) is 19.4. The second-order valence-electron chi connectivity index (χ2n) is 7.30. The van der Waals surface area contributed by atoms with E-state index in [1.807, 2.05) is 21.8 Å². The number of nitrogens with zero attached hydrogens (tertiary/aromatic N) is 6. The van der Waals surface area contributed by atoms with Crippen molar-refractivity contribution in [2.45, 2.75) is 50.7 Å². The van der Waals surface area contributed by atoms with Gasteiger partial charge in [0.15, 0.2) is 0 Å². The Bertz CT molecular complexity index is 1040. The van der Waals surface area contributed by atoms with Gasteiger partial charge in [-0.2, -0.15) is 13.9 Å². The third-order valence-electron chi connectivity index (χ3n) is 5.61. The molecule has 2 aliphatic rings. The van der Waals surface area contributed by atoms with Crippen LogP contribution in [0.1, 0.15) is 60.1 Å². The van der Waals surface area contributed by atoms with E-state index in [1.165, 1.54) is 6.20 Å². The highest BCUT2D eigenvalue weighted by atomic mass is 19.3. The third kappa shape index (κ3) is 3.08. The Hall–Kier alpha value is -3.17. The normalized spacial score (nSPS) is 21.8. The van der Waals surface area contributed by atoms with E-state index < -0.39 is 12.3 Å². The van der Waals surface area contributed by atoms with Crippen LogP contribution in [0.15, 0.2) is 35.1 Å². The molecule has 1 saturated carbocycles. The number of carbonyl (C=O) groups excluding carboxylic acids is 1. The summed E-state index contributed by atoms with van der Waals surface area (Å²) >= 11 is 0. The van der Waals surface area contributed by atoms with Gasteiger partial charge in [0.1, 0.15) is 0 Å². The van der Waals surface area contributed by atoms with Gasteiger partial charge in [-0.25, -0.2) is 0 Å². The molecule has 1 amide bonds. The first-order chi connectivity index (χ1) is 14.1. The summed E-state index contributed by atoms with van der Waals surface area (Å²) in [5.74, 6) is -0.946. The lowest BCUT2D eigenvalue weighted by atomic mass is 9.89. The number of hydrogen-bond donors (Lipinski definition) is 0. The largest absolute Gasteiger partial charge is 0.415 e. The minimum atomic E-state index is -2.85. The highest BCUT2D eigenvalue weighted by Gasteiger charge is 2.39. The zero-order chi connectivity index (χ0) is 20.0. The van der Waals surface area contributed by atoms with Crippen molar-refractivity contribution in [2.24, 2.45) is 0 Å². The maximum Gasteiger partial charge on any atom is 0.314 e. The molecule has 0 N–H and O–H groups in total. The molecule has 0 radical (unpaired) electrons. The fraction of sp³-hybridized carbons (Fsp3) is 0.421. The Morgan fingerprint density at radius 2 is 2.00 bits per heavy atom. The van der Waals surface area contributed by atoms with Gasteiger partial charge < -0.3 is 9.32 Å². The standard InChI is InChI=1S/C19H18F2N6O2/c20-16(21)18-25-24-17(29-18)11-8-12-13(22-9-11)10-26(19(12)28)14-4-1-2-5-15(14)27-7-3-6-23-27/h3,6-9,14-16H,1-2,4-5,10H2/t14-,15-/m1/s1. The number of fused-ring (bicyclic) bond motifs is 1. The van der Waals surface area contributed by atoms with Crippen LogP contribution in [0.2, 0.25) is 0 Å². The summed E-state index contributed by atoms with van der Waals surface area (Å²) in [5, 5.41) is 11.4. The van der Waals surface area contributed by atoms with Gasteiger partial charge in [-0.05, 0) is 25.0 Å². The molecule has 0 spiro atoms. The van der Waals surface area contributed by atoms with Crippen LogP contribution in [0.5, 0.6) is 0 Å². The predicted molar refractivity (Wildman–Crippen MR) is 95.9 cm³/mol. The molecule has 150 valence electrons. The van der Waals surface area contributed by atoms with Crippen molar-refractivity contribution >= 4 is 5.91 Å². The van der Waals surface area contributed by atoms with Crippen LogP contribution in [0, 0.1) is 0 Å². The molecule has 0 saturated heterocycles. The summed E-state index contributed by atoms with van der Waals surface area (Å²) in [6, 6.07) is 3.64. The fourth-order valence-electron chi connectivity index (χ4n) is 4.26. The quantitative estimate of drug-likeness (QED) is 0.667. The van der Waals surface area contributed by atoms with Crippen molar-refractivity contribution < 1.29 is 18.0 Å². The molecule has 1 fully saturated rings. The molecule has 4 heterocycles. The average Bonchev–Trinajstić information content (AvgIpc) is 3.48. The van der Waals surface area contributed by atoms with Gasteiger partial charge in [-0.15, -0.1) is 10.2 Å². The number of rotatable bonds is 4. The van der Waals surface area contributed by atoms with Crippen LogP contribution in [0.25, 0.3) is 11.5 Å². The lowest BCUT2D eigenvalue weighted by Crippen LogP contribution is -2.43. The molecule has 8 nitrogen and oxygen atoms in total. The number of halogens is 2. The minimum absolute atomic E-state index is 0.0302. The SMILES string of the molecule is O=C1c2cc(-c3nnc(C(F)F)o3)cnc2CN1[C@@H]1CCCC[C@H]1n1cccn1. The fourth-order valence-corrected chi connectivity index (χ4v) is 4.26. The van der Waals surface area contributed by atoms with E-state index in [0.29, 0.717) is 23.4 Å². The van der Waals surface area contributed by atoms with Gasteiger partial charge in [0.2, 0.25) is 5.89 Å². The molecule has 1 aliphatic carbocycles. The smallest absolute Gasteiger partial charge is 0.314 e. The van der Waals surface area contributed by atoms with E-state index in [9.17, 15) is 13.6 Å². The topological polar surface area (TPSA) is 89.9 Å². The zero-order valence-corrected chi connectivity index (χ0v) is 15.4. The van der Waals surface area contributed by atoms with Crippen LogP contribution in [0.4, 0.5) is 8.78 Å². The molecule has 5 rings (SSSR count). The first-order valence-corrected chi connectivity index (χ1v) is 9.53. The number of pyridine rings is 1. The molecule has 0 aromatic carbocycles. The summed E-state index contributed by atoms with van der Waals surface area (Å²) in [6.45, 7) is 0.420. The number of alkyl halides is 2. The van der Waals surface area contributed by atoms with Gasteiger partial charge in [-0.1, -0.05) is 12.8 Å². The molecule has 2 atom stereocenters. The highest BCUT2D eigenvalue weighted by Crippen LogP contribution is 2.37. The van der Waals surface area contributed by atoms with Gasteiger partial charge >= 0.3 is 6.43 Å². The Labute approximate surface area is 164 Å². The summed E-state index contributed by atoms with van der Waals surface area (Å²) < 4.78 is 32.3. The number of hydrogen-bond acceptors (Lipinski definition) is 6. The minimum Gasteiger partial charge on any atom is -0.415 e. The predicted octanol–water partition coefficient (Wildman–Crippen LogP) is 3.41. The van der Waals surface area contributed by atoms with Gasteiger partial charge in [0.25, 0.3) is 11.8 Å². The van der Waals surface area contributed by atoms with Crippen LogP contribution < -0.4 is 0 Å². The molecule has 1 aliphatic heterocycles. The van der Waals surface area contributed by atoms with E-state index in [2.05, 4.69) is 20.3 Å². The van der Waals surface area contributed by atoms with E-state index in [1.54, 1.807) is 12.3 Å². The average molecular weight is 400 g/mol. The number of carbonyl (C=O) groups is 1. The van der Waals surface area contributed by atoms with Crippen molar-refractivity contribution in [3.05, 3.63) is 47.9 Å². The Kier molecular flexibility index (Phi) is 4.33. The van der Waals surface area contributed by atoms with Gasteiger partial charge in [-0.3, -0.25) is 14.5 Å². The molecule has 29 heavy (non-hydrogen) atoms. The van der Waals surface area contributed by atoms with Crippen molar-refractivity contribution in [3.63, 3.8) is 0 Å². The highest BCUT2D eigenvalue weighted by molar-refractivity contribution is 5.98. The monoisotopic (exact) mass is 400 g/mol. The zero-order valence-electron chi connectivity index (χ0n) is 15.4. The molecule has 0 bridgehead atoms. The van der Waals surface area contributed by atoms with Crippen LogP contribution >= 0.6 is 0 Å². The van der Waals surface area contributed by atoms with Crippen LogP contribution in [-0.2, 0) is 6.54 Å². The van der Waals surface area contributed by atoms with E-state index in [-0.39, 0.29) is 23.9 Å². The molecule has 10 heteroatoms. The lowest BCUT2D eigenvalue weighted by Gasteiger charge is -2.37. The van der Waals surface area contributed by atoms with Crippen LogP contribution in [0.3, 0.4) is 0 Å². The van der Waals surface area contributed by atoms with Crippen molar-refractivity contribution in [1.82, 2.24) is 29.9 Å². The lowest BCUT2D eigenvalue weighted by molar-refractivity contribution is 0.0557. The first-order valence-electron chi connectivity index (χ1n) is 9.53. The number of amides is 1. The Balaban J connectivity index is 1.43. The van der Waals surface area contributed by atoms with E-state index >= 15 is 0 Å². The van der Waals surface area contributed by atoms with Gasteiger partial charge in [0.05, 0.1) is 35.4 Å². The van der Waals surface area contributed by atoms with Crippen molar-refractivity contribution in [2.75, 3.05) is 0 Å². The summed E-state index contributed by atoms with van der Waals surface area (Å²) in [6.07, 6.45) is 6.33. The maximum absolute atomic E-state index is 13.2. The van der Waals surface area contributed by atoms with Crippen molar-refractivity contribution in [1.29, 1.82) is 0 Å². The third-order valence-corrected chi connectivity index (χ3v) is 5.61. The van der Waals surface area contributed by atoms with Crippen LogP contribution in [-0.4, -0.2) is 41.8 Å². The summed E-state index contributed by atoms with van der Waals surface area (Å²) in [5.41, 5.74) is 1.46. The molecule has 3 aromatic heterocycles. The molecular weight excluding hydrogens is 382 g/mol. The van der Waals surface area contributed by atoms with E-state index in [4.69, 9.17) is 4.42 Å². The maximum atomic E-state index is 13.2. The van der Waals surface area contributed by atoms with E-state index in [0.717, 1.165) is 25.7 Å². The summed E-state index contributed by atoms with van der Waals surface area (Å²) in [7, 11) is 0. The number of aromatic nitrogens is 5. The molecule has 3 aromatic rings. The Morgan fingerprint density at radius 3 is 2.72 bits per heavy atom. The first kappa shape index (κ1) is 17.9. The second kappa shape index (κ2) is 7.02. The molecule has 0 unspecified atom stereocenters. The van der Waals surface area contributed by atoms with Crippen molar-refractivity contribution in [3.8, 4) is 11.5 Å². The molecular formula is C19H18F2N6O2. The second-order valence-corrected chi connectivity index (χ2v) is 7.30.